The molecule has 0 aromatic heterocycles. The first-order valence-corrected chi connectivity index (χ1v) is 8.81. The van der Waals surface area contributed by atoms with Gasteiger partial charge in [-0.25, -0.2) is 4.39 Å². The van der Waals surface area contributed by atoms with Gasteiger partial charge in [0, 0.05) is 12.1 Å². The molecule has 0 bridgehead atoms. The van der Waals surface area contributed by atoms with Gasteiger partial charge in [0.2, 0.25) is 5.91 Å². The molecule has 1 saturated heterocycles. The second-order valence-electron chi connectivity index (χ2n) is 5.68. The number of carbonyl (C=O) groups is 1. The van der Waals surface area contributed by atoms with Gasteiger partial charge in [0.25, 0.3) is 0 Å². The highest BCUT2D eigenvalue weighted by Crippen LogP contribution is 2.42. The van der Waals surface area contributed by atoms with Crippen molar-refractivity contribution in [1.29, 1.82) is 0 Å². The Balaban J connectivity index is 1.62. The molecule has 6 heteroatoms. The summed E-state index contributed by atoms with van der Waals surface area (Å²) in [6, 6.07) is 12.3. The average Bonchev–Trinajstić information content (AvgIpc) is 2.97. The van der Waals surface area contributed by atoms with Crippen LogP contribution in [-0.2, 0) is 11.3 Å². The van der Waals surface area contributed by atoms with E-state index in [1.54, 1.807) is 34.9 Å². The van der Waals surface area contributed by atoms with Crippen LogP contribution >= 0.6 is 11.8 Å². The summed E-state index contributed by atoms with van der Waals surface area (Å²) in [4.78, 5) is 14.0. The summed E-state index contributed by atoms with van der Waals surface area (Å²) in [6.07, 6.45) is 0. The smallest absolute Gasteiger partial charge is 0.234 e. The summed E-state index contributed by atoms with van der Waals surface area (Å²) in [6.45, 7) is 1.33. The molecule has 24 heavy (non-hydrogen) atoms. The van der Waals surface area contributed by atoms with Crippen LogP contribution in [0.5, 0.6) is 11.5 Å². The minimum Gasteiger partial charge on any atom is -0.486 e. The Morgan fingerprint density at radius 1 is 1.12 bits per heavy atom. The van der Waals surface area contributed by atoms with Gasteiger partial charge in [-0.15, -0.1) is 11.8 Å². The maximum absolute atomic E-state index is 13.9. The largest absolute Gasteiger partial charge is 0.486 e. The van der Waals surface area contributed by atoms with Gasteiger partial charge in [-0.05, 0) is 23.8 Å². The Morgan fingerprint density at radius 3 is 2.75 bits per heavy atom. The second-order valence-corrected chi connectivity index (χ2v) is 6.75. The van der Waals surface area contributed by atoms with E-state index in [1.165, 1.54) is 6.07 Å². The molecular weight excluding hydrogens is 329 g/mol. The van der Waals surface area contributed by atoms with Crippen molar-refractivity contribution in [3.05, 3.63) is 59.4 Å². The van der Waals surface area contributed by atoms with Crippen molar-refractivity contribution in [1.82, 2.24) is 4.90 Å². The van der Waals surface area contributed by atoms with E-state index in [-0.39, 0.29) is 23.6 Å². The normalized spacial score (nSPS) is 19.6. The second kappa shape index (κ2) is 6.36. The number of thioether (sulfide) groups is 1. The van der Waals surface area contributed by atoms with Gasteiger partial charge in [-0.1, -0.05) is 24.3 Å². The molecule has 0 radical (unpaired) electrons. The first-order valence-electron chi connectivity index (χ1n) is 7.76. The van der Waals surface area contributed by atoms with Crippen LogP contribution in [0.2, 0.25) is 0 Å². The van der Waals surface area contributed by atoms with Gasteiger partial charge in [0.05, 0.1) is 5.75 Å². The summed E-state index contributed by atoms with van der Waals surface area (Å²) in [5.74, 6) is 1.55. The minimum absolute atomic E-state index is 0.0168. The molecule has 1 amide bonds. The van der Waals surface area contributed by atoms with Crippen molar-refractivity contribution in [3.8, 4) is 11.5 Å². The fourth-order valence-electron chi connectivity index (χ4n) is 2.92. The van der Waals surface area contributed by atoms with Crippen molar-refractivity contribution in [2.75, 3.05) is 19.0 Å². The van der Waals surface area contributed by atoms with Gasteiger partial charge in [0.1, 0.15) is 24.4 Å². The van der Waals surface area contributed by atoms with Crippen molar-refractivity contribution < 1.29 is 18.7 Å². The molecule has 4 nitrogen and oxygen atoms in total. The Kier molecular flexibility index (Phi) is 4.06. The molecule has 2 aromatic rings. The zero-order chi connectivity index (χ0) is 16.5. The molecule has 124 valence electrons. The van der Waals surface area contributed by atoms with E-state index in [9.17, 15) is 9.18 Å². The van der Waals surface area contributed by atoms with Gasteiger partial charge in [0.15, 0.2) is 11.5 Å². The lowest BCUT2D eigenvalue weighted by Gasteiger charge is -2.26. The van der Waals surface area contributed by atoms with E-state index >= 15 is 0 Å². The quantitative estimate of drug-likeness (QED) is 0.855. The Bertz CT molecular complexity index is 783. The van der Waals surface area contributed by atoms with Crippen LogP contribution in [0.1, 0.15) is 16.5 Å². The molecular formula is C18H16FNO3S. The van der Waals surface area contributed by atoms with E-state index in [0.717, 1.165) is 11.3 Å². The van der Waals surface area contributed by atoms with Gasteiger partial charge >= 0.3 is 0 Å². The van der Waals surface area contributed by atoms with E-state index in [4.69, 9.17) is 9.47 Å². The number of halogens is 1. The van der Waals surface area contributed by atoms with Crippen LogP contribution in [0, 0.1) is 5.82 Å². The topological polar surface area (TPSA) is 38.8 Å². The SMILES string of the molecule is O=C1CSC(c2ccc3c(c2)OCCO3)N1Cc1ccccc1F. The zero-order valence-corrected chi connectivity index (χ0v) is 13.7. The lowest BCUT2D eigenvalue weighted by Crippen LogP contribution is -2.28. The van der Waals surface area contributed by atoms with Crippen molar-refractivity contribution in [3.63, 3.8) is 0 Å². The number of benzene rings is 2. The summed E-state index contributed by atoms with van der Waals surface area (Å²) < 4.78 is 25.1. The number of amides is 1. The fourth-order valence-corrected chi connectivity index (χ4v) is 4.10. The molecule has 2 aliphatic heterocycles. The number of hydrogen-bond donors (Lipinski definition) is 0. The van der Waals surface area contributed by atoms with E-state index in [0.29, 0.717) is 30.3 Å². The highest BCUT2D eigenvalue weighted by Gasteiger charge is 2.34. The number of hydrogen-bond acceptors (Lipinski definition) is 4. The number of nitrogens with zero attached hydrogens (tertiary/aromatic N) is 1. The third kappa shape index (κ3) is 2.82. The number of carbonyl (C=O) groups excluding carboxylic acids is 1. The molecule has 2 heterocycles. The average molecular weight is 345 g/mol. The fraction of sp³-hybridized carbons (Fsp3) is 0.278. The minimum atomic E-state index is -0.289. The van der Waals surface area contributed by atoms with Crippen LogP contribution < -0.4 is 9.47 Å². The third-order valence-corrected chi connectivity index (χ3v) is 5.37. The molecule has 1 unspecified atom stereocenters. The molecule has 2 aromatic carbocycles. The first kappa shape index (κ1) is 15.3. The maximum atomic E-state index is 13.9. The number of ether oxygens (including phenoxy) is 2. The van der Waals surface area contributed by atoms with Gasteiger partial charge < -0.3 is 14.4 Å². The lowest BCUT2D eigenvalue weighted by molar-refractivity contribution is -0.128. The lowest BCUT2D eigenvalue weighted by atomic mass is 10.1. The van der Waals surface area contributed by atoms with E-state index in [2.05, 4.69) is 0 Å². The Morgan fingerprint density at radius 2 is 1.92 bits per heavy atom. The highest BCUT2D eigenvalue weighted by atomic mass is 32.2. The van der Waals surface area contributed by atoms with Crippen molar-refractivity contribution >= 4 is 17.7 Å². The first-order chi connectivity index (χ1) is 11.7. The molecule has 0 saturated carbocycles. The molecule has 0 aliphatic carbocycles. The highest BCUT2D eigenvalue weighted by molar-refractivity contribution is 8.00. The predicted molar refractivity (Wildman–Crippen MR) is 89.6 cm³/mol. The Hall–Kier alpha value is -2.21. The number of rotatable bonds is 3. The summed E-state index contributed by atoms with van der Waals surface area (Å²) in [5, 5.41) is -0.145. The summed E-state index contributed by atoms with van der Waals surface area (Å²) in [7, 11) is 0. The molecule has 1 fully saturated rings. The molecule has 1 atom stereocenters. The van der Waals surface area contributed by atoms with Crippen LogP contribution in [0.15, 0.2) is 42.5 Å². The van der Waals surface area contributed by atoms with Crippen LogP contribution in [-0.4, -0.2) is 29.8 Å². The van der Waals surface area contributed by atoms with Crippen molar-refractivity contribution in [2.45, 2.75) is 11.9 Å². The van der Waals surface area contributed by atoms with Gasteiger partial charge in [-0.2, -0.15) is 0 Å². The maximum Gasteiger partial charge on any atom is 0.234 e. The zero-order valence-electron chi connectivity index (χ0n) is 12.9. The van der Waals surface area contributed by atoms with Crippen LogP contribution in [0.25, 0.3) is 0 Å². The molecule has 0 spiro atoms. The third-order valence-electron chi connectivity index (χ3n) is 4.12. The molecule has 2 aliphatic rings. The van der Waals surface area contributed by atoms with E-state index in [1.807, 2.05) is 18.2 Å². The van der Waals surface area contributed by atoms with Gasteiger partial charge in [-0.3, -0.25) is 4.79 Å². The molecule has 4 rings (SSSR count). The van der Waals surface area contributed by atoms with Crippen LogP contribution in [0.3, 0.4) is 0 Å². The number of fused-ring (bicyclic) bond motifs is 1. The summed E-state index contributed by atoms with van der Waals surface area (Å²) >= 11 is 1.55. The summed E-state index contributed by atoms with van der Waals surface area (Å²) in [5.41, 5.74) is 1.49. The van der Waals surface area contributed by atoms with Crippen molar-refractivity contribution in [2.24, 2.45) is 0 Å². The van der Waals surface area contributed by atoms with Crippen LogP contribution in [0.4, 0.5) is 4.39 Å². The monoisotopic (exact) mass is 345 g/mol. The Labute approximate surface area is 143 Å². The molecule has 0 N–H and O–H groups in total. The standard InChI is InChI=1S/C18H16FNO3S/c19-14-4-2-1-3-13(14)10-20-17(21)11-24-18(20)12-5-6-15-16(9-12)23-8-7-22-15/h1-6,9,18H,7-8,10-11H2. The predicted octanol–water partition coefficient (Wildman–Crippen LogP) is 3.37. The van der Waals surface area contributed by atoms with E-state index < -0.39 is 0 Å².